The van der Waals surface area contributed by atoms with E-state index >= 15 is 0 Å². The fraction of sp³-hybridized carbons (Fsp3) is 0.471. The molecule has 3 nitrogen and oxygen atoms in total. The second kappa shape index (κ2) is 6.26. The van der Waals surface area contributed by atoms with E-state index in [1.165, 1.54) is 5.56 Å². The van der Waals surface area contributed by atoms with Crippen LogP contribution < -0.4 is 5.73 Å². The molecule has 0 amide bonds. The number of rotatable bonds is 4. The van der Waals surface area contributed by atoms with E-state index in [9.17, 15) is 0 Å². The van der Waals surface area contributed by atoms with E-state index in [1.807, 2.05) is 6.92 Å². The standard InChI is InChI=1S/C17H24N2OS/c1-11(18)15-14(10-20-5)19-16(21-15)12-6-8-13(9-7-12)17(2,3)4/h6-9,11H,10,18H2,1-5H3. The summed E-state index contributed by atoms with van der Waals surface area (Å²) in [5, 5.41) is 1.01. The number of benzene rings is 1. The fourth-order valence-corrected chi connectivity index (χ4v) is 3.22. The van der Waals surface area contributed by atoms with E-state index in [0.717, 1.165) is 21.1 Å². The molecular formula is C17H24N2OS. The summed E-state index contributed by atoms with van der Waals surface area (Å²) >= 11 is 1.66. The highest BCUT2D eigenvalue weighted by molar-refractivity contribution is 7.15. The number of hydrogen-bond donors (Lipinski definition) is 1. The molecule has 1 atom stereocenters. The maximum atomic E-state index is 6.03. The molecule has 0 bridgehead atoms. The van der Waals surface area contributed by atoms with Gasteiger partial charge < -0.3 is 10.5 Å². The predicted molar refractivity (Wildman–Crippen MR) is 89.6 cm³/mol. The van der Waals surface area contributed by atoms with Crippen LogP contribution in [0, 0.1) is 0 Å². The van der Waals surface area contributed by atoms with Crippen molar-refractivity contribution < 1.29 is 4.74 Å². The van der Waals surface area contributed by atoms with Crippen LogP contribution in [0.3, 0.4) is 0 Å². The van der Waals surface area contributed by atoms with Crippen molar-refractivity contribution in [2.24, 2.45) is 5.73 Å². The molecule has 2 rings (SSSR count). The predicted octanol–water partition coefficient (Wildman–Crippen LogP) is 4.27. The third kappa shape index (κ3) is 3.70. The van der Waals surface area contributed by atoms with E-state index in [0.29, 0.717) is 6.61 Å². The van der Waals surface area contributed by atoms with E-state index in [2.05, 4.69) is 45.0 Å². The Kier molecular flexibility index (Phi) is 4.81. The second-order valence-corrected chi connectivity index (χ2v) is 7.41. The van der Waals surface area contributed by atoms with Crippen molar-refractivity contribution in [2.45, 2.75) is 45.8 Å². The molecule has 0 aliphatic carbocycles. The number of nitrogens with two attached hydrogens (primary N) is 1. The summed E-state index contributed by atoms with van der Waals surface area (Å²) < 4.78 is 5.22. The number of aromatic nitrogens is 1. The van der Waals surface area contributed by atoms with Gasteiger partial charge in [-0.3, -0.25) is 0 Å². The van der Waals surface area contributed by atoms with Crippen LogP contribution in [0.15, 0.2) is 24.3 Å². The van der Waals surface area contributed by atoms with E-state index in [4.69, 9.17) is 15.5 Å². The maximum Gasteiger partial charge on any atom is 0.124 e. The first-order valence-electron chi connectivity index (χ1n) is 7.18. The van der Waals surface area contributed by atoms with Crippen molar-refractivity contribution in [2.75, 3.05) is 7.11 Å². The summed E-state index contributed by atoms with van der Waals surface area (Å²) in [6.07, 6.45) is 0. The molecule has 1 unspecified atom stereocenters. The van der Waals surface area contributed by atoms with Gasteiger partial charge in [-0.15, -0.1) is 11.3 Å². The molecule has 21 heavy (non-hydrogen) atoms. The van der Waals surface area contributed by atoms with E-state index in [-0.39, 0.29) is 11.5 Å². The molecule has 0 fully saturated rings. The molecule has 0 radical (unpaired) electrons. The summed E-state index contributed by atoms with van der Waals surface area (Å²) in [7, 11) is 1.68. The Balaban J connectivity index is 2.36. The van der Waals surface area contributed by atoms with Crippen LogP contribution in [0.1, 0.15) is 49.9 Å². The average Bonchev–Trinajstić information content (AvgIpc) is 2.82. The lowest BCUT2D eigenvalue weighted by atomic mass is 9.87. The molecule has 0 aliphatic heterocycles. The highest BCUT2D eigenvalue weighted by Gasteiger charge is 2.17. The lowest BCUT2D eigenvalue weighted by molar-refractivity contribution is 0.181. The third-order valence-corrected chi connectivity index (χ3v) is 4.77. The van der Waals surface area contributed by atoms with Gasteiger partial charge in [0, 0.05) is 23.6 Å². The molecule has 0 aliphatic rings. The summed E-state index contributed by atoms with van der Waals surface area (Å²) in [5.74, 6) is 0. The first kappa shape index (κ1) is 16.1. The maximum absolute atomic E-state index is 6.03. The minimum absolute atomic E-state index is 0.0183. The number of nitrogens with zero attached hydrogens (tertiary/aromatic N) is 1. The Morgan fingerprint density at radius 2 is 1.86 bits per heavy atom. The van der Waals surface area contributed by atoms with Gasteiger partial charge >= 0.3 is 0 Å². The molecular weight excluding hydrogens is 280 g/mol. The number of hydrogen-bond acceptors (Lipinski definition) is 4. The van der Waals surface area contributed by atoms with Gasteiger partial charge in [0.2, 0.25) is 0 Å². The first-order chi connectivity index (χ1) is 9.82. The van der Waals surface area contributed by atoms with Gasteiger partial charge in [0.1, 0.15) is 5.01 Å². The lowest BCUT2D eigenvalue weighted by Crippen LogP contribution is -2.10. The third-order valence-electron chi connectivity index (χ3n) is 3.42. The Hall–Kier alpha value is -1.23. The van der Waals surface area contributed by atoms with Crippen LogP contribution in [0.2, 0.25) is 0 Å². The van der Waals surface area contributed by atoms with Gasteiger partial charge in [-0.1, -0.05) is 45.0 Å². The van der Waals surface area contributed by atoms with Gasteiger partial charge in [-0.2, -0.15) is 0 Å². The lowest BCUT2D eigenvalue weighted by Gasteiger charge is -2.18. The molecule has 2 aromatic rings. The molecule has 0 saturated heterocycles. The molecule has 1 aromatic carbocycles. The normalized spacial score (nSPS) is 13.4. The van der Waals surface area contributed by atoms with Gasteiger partial charge in [0.15, 0.2) is 0 Å². The van der Waals surface area contributed by atoms with Crippen molar-refractivity contribution in [3.8, 4) is 10.6 Å². The van der Waals surface area contributed by atoms with Crippen LogP contribution >= 0.6 is 11.3 Å². The van der Waals surface area contributed by atoms with Crippen molar-refractivity contribution in [3.63, 3.8) is 0 Å². The zero-order valence-electron chi connectivity index (χ0n) is 13.4. The fourth-order valence-electron chi connectivity index (χ4n) is 2.20. The van der Waals surface area contributed by atoms with Crippen LogP contribution in [0.25, 0.3) is 10.6 Å². The van der Waals surface area contributed by atoms with Gasteiger partial charge in [-0.25, -0.2) is 4.98 Å². The van der Waals surface area contributed by atoms with Crippen LogP contribution in [0.4, 0.5) is 0 Å². The zero-order valence-corrected chi connectivity index (χ0v) is 14.3. The highest BCUT2D eigenvalue weighted by atomic mass is 32.1. The van der Waals surface area contributed by atoms with Crippen LogP contribution in [-0.2, 0) is 16.8 Å². The summed E-state index contributed by atoms with van der Waals surface area (Å²) in [6.45, 7) is 9.15. The molecule has 114 valence electrons. The number of methoxy groups -OCH3 is 1. The van der Waals surface area contributed by atoms with Gasteiger partial charge in [-0.05, 0) is 17.9 Å². The largest absolute Gasteiger partial charge is 0.378 e. The quantitative estimate of drug-likeness (QED) is 0.917. The zero-order chi connectivity index (χ0) is 15.6. The van der Waals surface area contributed by atoms with Crippen molar-refractivity contribution >= 4 is 11.3 Å². The summed E-state index contributed by atoms with van der Waals surface area (Å²) in [6, 6.07) is 8.62. The Labute approximate surface area is 131 Å². The Morgan fingerprint density at radius 1 is 1.24 bits per heavy atom. The van der Waals surface area contributed by atoms with E-state index in [1.54, 1.807) is 18.4 Å². The topological polar surface area (TPSA) is 48.1 Å². The van der Waals surface area contributed by atoms with Gasteiger partial charge in [0.05, 0.1) is 12.3 Å². The SMILES string of the molecule is COCc1nc(-c2ccc(C(C)(C)C)cc2)sc1C(C)N. The monoisotopic (exact) mass is 304 g/mol. The first-order valence-corrected chi connectivity index (χ1v) is 7.99. The smallest absolute Gasteiger partial charge is 0.124 e. The van der Waals surface area contributed by atoms with Crippen molar-refractivity contribution in [3.05, 3.63) is 40.4 Å². The molecule has 1 heterocycles. The van der Waals surface area contributed by atoms with E-state index < -0.39 is 0 Å². The summed E-state index contributed by atoms with van der Waals surface area (Å²) in [5.41, 5.74) is 9.61. The second-order valence-electron chi connectivity index (χ2n) is 6.38. The number of ether oxygens (including phenoxy) is 1. The average molecular weight is 304 g/mol. The molecule has 2 N–H and O–H groups in total. The van der Waals surface area contributed by atoms with Crippen LogP contribution in [-0.4, -0.2) is 12.1 Å². The Bertz CT molecular complexity index is 594. The molecule has 0 spiro atoms. The molecule has 0 saturated carbocycles. The minimum Gasteiger partial charge on any atom is -0.378 e. The summed E-state index contributed by atoms with van der Waals surface area (Å²) in [4.78, 5) is 5.80. The van der Waals surface area contributed by atoms with Crippen LogP contribution in [0.5, 0.6) is 0 Å². The minimum atomic E-state index is -0.0183. The van der Waals surface area contributed by atoms with Gasteiger partial charge in [0.25, 0.3) is 0 Å². The molecule has 1 aromatic heterocycles. The Morgan fingerprint density at radius 3 is 2.33 bits per heavy atom. The van der Waals surface area contributed by atoms with Crippen molar-refractivity contribution in [1.29, 1.82) is 0 Å². The molecule has 4 heteroatoms. The highest BCUT2D eigenvalue weighted by Crippen LogP contribution is 2.33. The van der Waals surface area contributed by atoms with Crippen molar-refractivity contribution in [1.82, 2.24) is 4.98 Å². The number of thiazole rings is 1.